The first kappa shape index (κ1) is 14.7. The van der Waals surface area contributed by atoms with Crippen molar-refractivity contribution in [1.29, 1.82) is 0 Å². The van der Waals surface area contributed by atoms with E-state index in [9.17, 15) is 18.0 Å². The Morgan fingerprint density at radius 1 is 1.44 bits per heavy atom. The van der Waals surface area contributed by atoms with Crippen molar-refractivity contribution in [3.05, 3.63) is 35.4 Å². The SMILES string of the molecule is COCC(N)CC(=O)c1cccc(C(F)(F)F)c1. The molecule has 0 bridgehead atoms. The maximum Gasteiger partial charge on any atom is 0.416 e. The third-order valence-corrected chi connectivity index (χ3v) is 2.34. The summed E-state index contributed by atoms with van der Waals surface area (Å²) in [5.74, 6) is -0.425. The van der Waals surface area contributed by atoms with Crippen molar-refractivity contribution >= 4 is 5.78 Å². The fraction of sp³-hybridized carbons (Fsp3) is 0.417. The van der Waals surface area contributed by atoms with E-state index in [4.69, 9.17) is 10.5 Å². The summed E-state index contributed by atoms with van der Waals surface area (Å²) in [5.41, 5.74) is 4.75. The predicted octanol–water partition coefficient (Wildman–Crippen LogP) is 2.25. The number of rotatable bonds is 5. The predicted molar refractivity (Wildman–Crippen MR) is 60.2 cm³/mol. The van der Waals surface area contributed by atoms with Crippen LogP contribution < -0.4 is 5.73 Å². The third-order valence-electron chi connectivity index (χ3n) is 2.34. The molecule has 0 spiro atoms. The maximum absolute atomic E-state index is 12.5. The molecule has 0 aliphatic heterocycles. The Morgan fingerprint density at radius 2 is 2.11 bits per heavy atom. The van der Waals surface area contributed by atoms with E-state index in [0.29, 0.717) is 0 Å². The molecule has 0 saturated heterocycles. The van der Waals surface area contributed by atoms with Crippen molar-refractivity contribution in [2.24, 2.45) is 5.73 Å². The lowest BCUT2D eigenvalue weighted by Gasteiger charge is -2.11. The molecule has 0 aliphatic carbocycles. The summed E-state index contributed by atoms with van der Waals surface area (Å²) in [4.78, 5) is 11.7. The van der Waals surface area contributed by atoms with Gasteiger partial charge in [-0.15, -0.1) is 0 Å². The molecule has 0 aromatic heterocycles. The van der Waals surface area contributed by atoms with E-state index < -0.39 is 23.6 Å². The first-order chi connectivity index (χ1) is 8.34. The number of ether oxygens (including phenoxy) is 1. The van der Waals surface area contributed by atoms with Crippen LogP contribution in [-0.2, 0) is 10.9 Å². The van der Waals surface area contributed by atoms with Crippen LogP contribution in [0.5, 0.6) is 0 Å². The molecule has 0 amide bonds. The first-order valence-corrected chi connectivity index (χ1v) is 5.29. The molecular formula is C12H14F3NO2. The molecule has 3 nitrogen and oxygen atoms in total. The molecular weight excluding hydrogens is 247 g/mol. The Labute approximate surface area is 103 Å². The van der Waals surface area contributed by atoms with Gasteiger partial charge < -0.3 is 10.5 Å². The molecule has 2 N–H and O–H groups in total. The van der Waals surface area contributed by atoms with E-state index in [1.165, 1.54) is 19.2 Å². The van der Waals surface area contributed by atoms with Crippen LogP contribution >= 0.6 is 0 Å². The summed E-state index contributed by atoms with van der Waals surface area (Å²) < 4.78 is 42.1. The number of hydrogen-bond donors (Lipinski definition) is 1. The fourth-order valence-electron chi connectivity index (χ4n) is 1.50. The van der Waals surface area contributed by atoms with Crippen LogP contribution in [0, 0.1) is 0 Å². The number of hydrogen-bond acceptors (Lipinski definition) is 3. The number of nitrogens with two attached hydrogens (primary N) is 1. The van der Waals surface area contributed by atoms with Gasteiger partial charge in [-0.25, -0.2) is 0 Å². The molecule has 1 unspecified atom stereocenters. The topological polar surface area (TPSA) is 52.3 Å². The molecule has 0 aliphatic rings. The molecule has 0 radical (unpaired) electrons. The van der Waals surface area contributed by atoms with E-state index >= 15 is 0 Å². The summed E-state index contributed by atoms with van der Waals surface area (Å²) in [7, 11) is 1.44. The van der Waals surface area contributed by atoms with Crippen molar-refractivity contribution in [2.75, 3.05) is 13.7 Å². The molecule has 100 valence electrons. The molecule has 18 heavy (non-hydrogen) atoms. The summed E-state index contributed by atoms with van der Waals surface area (Å²) in [6.07, 6.45) is -4.50. The minimum atomic E-state index is -4.45. The Kier molecular flexibility index (Phi) is 4.86. The quantitative estimate of drug-likeness (QED) is 0.827. The van der Waals surface area contributed by atoms with Crippen molar-refractivity contribution in [3.63, 3.8) is 0 Å². The highest BCUT2D eigenvalue weighted by molar-refractivity contribution is 5.96. The monoisotopic (exact) mass is 261 g/mol. The average molecular weight is 261 g/mol. The van der Waals surface area contributed by atoms with Crippen LogP contribution in [0.4, 0.5) is 13.2 Å². The summed E-state index contributed by atoms with van der Waals surface area (Å²) >= 11 is 0. The number of ketones is 1. The summed E-state index contributed by atoms with van der Waals surface area (Å²) in [6.45, 7) is 0.185. The Hall–Kier alpha value is -1.40. The summed E-state index contributed by atoms with van der Waals surface area (Å²) in [5, 5.41) is 0. The van der Waals surface area contributed by atoms with Crippen molar-refractivity contribution in [1.82, 2.24) is 0 Å². The van der Waals surface area contributed by atoms with Gasteiger partial charge in [0.25, 0.3) is 0 Å². The van der Waals surface area contributed by atoms with Gasteiger partial charge in [0.1, 0.15) is 0 Å². The van der Waals surface area contributed by atoms with Gasteiger partial charge >= 0.3 is 6.18 Å². The van der Waals surface area contributed by atoms with Crippen LogP contribution in [0.2, 0.25) is 0 Å². The number of Topliss-reactive ketones (excluding diaryl/α,β-unsaturated/α-hetero) is 1. The van der Waals surface area contributed by atoms with Gasteiger partial charge in [0.15, 0.2) is 5.78 Å². The second-order valence-electron chi connectivity index (χ2n) is 3.92. The number of carbonyl (C=O) groups excluding carboxylic acids is 1. The van der Waals surface area contributed by atoms with Gasteiger partial charge in [-0.05, 0) is 12.1 Å². The van der Waals surface area contributed by atoms with Crippen LogP contribution in [-0.4, -0.2) is 25.5 Å². The Bertz CT molecular complexity index is 418. The highest BCUT2D eigenvalue weighted by Crippen LogP contribution is 2.29. The van der Waals surface area contributed by atoms with Crippen molar-refractivity contribution < 1.29 is 22.7 Å². The van der Waals surface area contributed by atoms with E-state index in [0.717, 1.165) is 12.1 Å². The highest BCUT2D eigenvalue weighted by atomic mass is 19.4. The van der Waals surface area contributed by atoms with Crippen LogP contribution in [0.25, 0.3) is 0 Å². The molecule has 1 aromatic carbocycles. The van der Waals surface area contributed by atoms with Crippen molar-refractivity contribution in [2.45, 2.75) is 18.6 Å². The third kappa shape index (κ3) is 4.12. The van der Waals surface area contributed by atoms with Gasteiger partial charge in [0.2, 0.25) is 0 Å². The van der Waals surface area contributed by atoms with E-state index in [2.05, 4.69) is 0 Å². The lowest BCUT2D eigenvalue weighted by atomic mass is 10.0. The van der Waals surface area contributed by atoms with Crippen molar-refractivity contribution in [3.8, 4) is 0 Å². The van der Waals surface area contributed by atoms with E-state index in [-0.39, 0.29) is 18.6 Å². The average Bonchev–Trinajstić information content (AvgIpc) is 2.28. The highest BCUT2D eigenvalue weighted by Gasteiger charge is 2.30. The number of alkyl halides is 3. The van der Waals surface area contributed by atoms with Crippen LogP contribution in [0.1, 0.15) is 22.3 Å². The zero-order chi connectivity index (χ0) is 13.8. The Balaban J connectivity index is 2.81. The standard InChI is InChI=1S/C12H14F3NO2/c1-18-7-10(16)6-11(17)8-3-2-4-9(5-8)12(13,14)15/h2-5,10H,6-7,16H2,1H3. The molecule has 0 fully saturated rings. The first-order valence-electron chi connectivity index (χ1n) is 5.29. The number of benzene rings is 1. The van der Waals surface area contributed by atoms with Crippen LogP contribution in [0.3, 0.4) is 0 Å². The van der Waals surface area contributed by atoms with Gasteiger partial charge in [-0.3, -0.25) is 4.79 Å². The minimum absolute atomic E-state index is 0.0105. The van der Waals surface area contributed by atoms with E-state index in [1.54, 1.807) is 0 Å². The maximum atomic E-state index is 12.5. The number of methoxy groups -OCH3 is 1. The van der Waals surface area contributed by atoms with Crippen LogP contribution in [0.15, 0.2) is 24.3 Å². The van der Waals surface area contributed by atoms with Gasteiger partial charge in [-0.2, -0.15) is 13.2 Å². The smallest absolute Gasteiger partial charge is 0.383 e. The van der Waals surface area contributed by atoms with E-state index in [1.807, 2.05) is 0 Å². The molecule has 1 atom stereocenters. The normalized spacial score (nSPS) is 13.4. The fourth-order valence-corrected chi connectivity index (χ4v) is 1.50. The van der Waals surface area contributed by atoms with Gasteiger partial charge in [-0.1, -0.05) is 12.1 Å². The number of halogens is 3. The zero-order valence-corrected chi connectivity index (χ0v) is 9.83. The second-order valence-corrected chi connectivity index (χ2v) is 3.92. The zero-order valence-electron chi connectivity index (χ0n) is 9.83. The van der Waals surface area contributed by atoms with Gasteiger partial charge in [0.05, 0.1) is 12.2 Å². The Morgan fingerprint density at radius 3 is 2.67 bits per heavy atom. The lowest BCUT2D eigenvalue weighted by Crippen LogP contribution is -2.28. The molecule has 0 heterocycles. The molecule has 6 heteroatoms. The molecule has 0 saturated carbocycles. The minimum Gasteiger partial charge on any atom is -0.383 e. The molecule has 1 rings (SSSR count). The number of carbonyl (C=O) groups is 1. The largest absolute Gasteiger partial charge is 0.416 e. The second kappa shape index (κ2) is 5.97. The summed E-state index contributed by atoms with van der Waals surface area (Å²) in [6, 6.07) is 3.79. The molecule has 1 aromatic rings. The lowest BCUT2D eigenvalue weighted by molar-refractivity contribution is -0.137. The van der Waals surface area contributed by atoms with Gasteiger partial charge in [0, 0.05) is 25.1 Å².